The van der Waals surface area contributed by atoms with Crippen molar-refractivity contribution in [2.24, 2.45) is 16.3 Å². The molecule has 160 valence electrons. The number of aromatic nitrogens is 1. The molecule has 2 unspecified atom stereocenters. The van der Waals surface area contributed by atoms with Gasteiger partial charge in [0.05, 0.1) is 11.1 Å². The lowest BCUT2D eigenvalue weighted by molar-refractivity contribution is -0.140. The summed E-state index contributed by atoms with van der Waals surface area (Å²) in [5.41, 5.74) is -0.758. The molecule has 5 nitrogen and oxygen atoms in total. The number of aliphatic imine (C=N–C) groups is 1. The summed E-state index contributed by atoms with van der Waals surface area (Å²) in [6, 6.07) is 0. The van der Waals surface area contributed by atoms with Crippen LogP contribution in [0.2, 0.25) is 0 Å². The van der Waals surface area contributed by atoms with E-state index in [-0.39, 0.29) is 11.5 Å². The quantitative estimate of drug-likeness (QED) is 0.537. The van der Waals surface area contributed by atoms with E-state index in [1.54, 1.807) is 0 Å². The van der Waals surface area contributed by atoms with Crippen LogP contribution < -0.4 is 10.6 Å². The molecule has 0 saturated carbocycles. The van der Waals surface area contributed by atoms with Gasteiger partial charge < -0.3 is 15.4 Å². The first-order chi connectivity index (χ1) is 13.1. The van der Waals surface area contributed by atoms with Gasteiger partial charge in [-0.2, -0.15) is 13.2 Å². The van der Waals surface area contributed by atoms with Crippen LogP contribution >= 0.6 is 11.3 Å². The van der Waals surface area contributed by atoms with Crippen molar-refractivity contribution in [2.45, 2.75) is 59.2 Å². The molecule has 0 aromatic carbocycles. The van der Waals surface area contributed by atoms with Crippen molar-refractivity contribution >= 4 is 17.3 Å². The highest BCUT2D eigenvalue weighted by molar-refractivity contribution is 7.09. The third-order valence-electron chi connectivity index (χ3n) is 4.60. The standard InChI is InChI=1S/C19H31F3N4OS/c1-5-23-17(24-9-8-15-26-14(12-28-15)19(20,21)22)25-11-13-7-6-10-27-16(13)18(2,3)4/h12-13,16H,5-11H2,1-4H3,(H2,23,24,25). The second-order valence-corrected chi connectivity index (χ2v) is 9.02. The maximum absolute atomic E-state index is 12.6. The van der Waals surface area contributed by atoms with Crippen LogP contribution in [-0.2, 0) is 17.3 Å². The lowest BCUT2D eigenvalue weighted by Gasteiger charge is -2.39. The molecule has 1 aromatic rings. The van der Waals surface area contributed by atoms with E-state index in [2.05, 4.69) is 36.4 Å². The molecule has 1 saturated heterocycles. The highest BCUT2D eigenvalue weighted by Crippen LogP contribution is 2.34. The maximum atomic E-state index is 12.6. The minimum Gasteiger partial charge on any atom is -0.377 e. The predicted octanol–water partition coefficient (Wildman–Crippen LogP) is 4.10. The van der Waals surface area contributed by atoms with Crippen molar-refractivity contribution in [1.29, 1.82) is 0 Å². The average Bonchev–Trinajstić information content (AvgIpc) is 3.08. The third-order valence-corrected chi connectivity index (χ3v) is 5.51. The van der Waals surface area contributed by atoms with Crippen molar-refractivity contribution in [3.8, 4) is 0 Å². The molecule has 0 aliphatic carbocycles. The molecular formula is C19H31F3N4OS. The number of hydrogen-bond donors (Lipinski definition) is 2. The molecule has 9 heteroatoms. The van der Waals surface area contributed by atoms with E-state index in [4.69, 9.17) is 9.73 Å². The van der Waals surface area contributed by atoms with Crippen LogP contribution in [0, 0.1) is 11.3 Å². The van der Waals surface area contributed by atoms with E-state index in [1.807, 2.05) is 6.92 Å². The van der Waals surface area contributed by atoms with Crippen molar-refractivity contribution < 1.29 is 17.9 Å². The first-order valence-electron chi connectivity index (χ1n) is 9.76. The molecule has 1 fully saturated rings. The fraction of sp³-hybridized carbons (Fsp3) is 0.789. The van der Waals surface area contributed by atoms with E-state index >= 15 is 0 Å². The Hall–Kier alpha value is -1.35. The number of rotatable bonds is 6. The zero-order valence-corrected chi connectivity index (χ0v) is 17.8. The van der Waals surface area contributed by atoms with Crippen molar-refractivity contribution in [3.63, 3.8) is 0 Å². The molecule has 1 aliphatic rings. The van der Waals surface area contributed by atoms with Crippen LogP contribution in [0.15, 0.2) is 10.4 Å². The zero-order chi connectivity index (χ0) is 20.8. The van der Waals surface area contributed by atoms with E-state index < -0.39 is 11.9 Å². The molecule has 2 rings (SSSR count). The van der Waals surface area contributed by atoms with Gasteiger partial charge in [-0.05, 0) is 25.2 Å². The first-order valence-corrected chi connectivity index (χ1v) is 10.6. The lowest BCUT2D eigenvalue weighted by Crippen LogP contribution is -2.43. The second-order valence-electron chi connectivity index (χ2n) is 8.08. The van der Waals surface area contributed by atoms with Crippen LogP contribution in [0.3, 0.4) is 0 Å². The molecule has 0 spiro atoms. The second kappa shape index (κ2) is 9.91. The summed E-state index contributed by atoms with van der Waals surface area (Å²) < 4.78 is 43.9. The van der Waals surface area contributed by atoms with Crippen LogP contribution in [-0.4, -0.2) is 43.3 Å². The van der Waals surface area contributed by atoms with Gasteiger partial charge in [-0.25, -0.2) is 4.98 Å². The fourth-order valence-electron chi connectivity index (χ4n) is 3.38. The number of ether oxygens (including phenoxy) is 1. The van der Waals surface area contributed by atoms with E-state index in [1.165, 1.54) is 0 Å². The van der Waals surface area contributed by atoms with Crippen LogP contribution in [0.4, 0.5) is 13.2 Å². The number of hydrogen-bond acceptors (Lipinski definition) is 4. The first kappa shape index (κ1) is 22.9. The Morgan fingerprint density at radius 1 is 1.32 bits per heavy atom. The van der Waals surface area contributed by atoms with Gasteiger partial charge in [0.15, 0.2) is 11.7 Å². The van der Waals surface area contributed by atoms with Crippen LogP contribution in [0.25, 0.3) is 0 Å². The van der Waals surface area contributed by atoms with Gasteiger partial charge in [-0.3, -0.25) is 4.99 Å². The highest BCUT2D eigenvalue weighted by atomic mass is 32.1. The number of alkyl halides is 3. The van der Waals surface area contributed by atoms with Crippen LogP contribution in [0.5, 0.6) is 0 Å². The van der Waals surface area contributed by atoms with Gasteiger partial charge in [0.1, 0.15) is 0 Å². The predicted molar refractivity (Wildman–Crippen MR) is 107 cm³/mol. The number of nitrogens with zero attached hydrogens (tertiary/aromatic N) is 2. The molecule has 2 heterocycles. The fourth-order valence-corrected chi connectivity index (χ4v) is 4.19. The van der Waals surface area contributed by atoms with Gasteiger partial charge >= 0.3 is 6.18 Å². The number of nitrogens with one attached hydrogen (secondary N) is 2. The molecule has 2 atom stereocenters. The summed E-state index contributed by atoms with van der Waals surface area (Å²) in [7, 11) is 0. The minimum absolute atomic E-state index is 0.0629. The van der Waals surface area contributed by atoms with Gasteiger partial charge in [0, 0.05) is 44.0 Å². The smallest absolute Gasteiger partial charge is 0.377 e. The summed E-state index contributed by atoms with van der Waals surface area (Å²) in [4.78, 5) is 8.35. The maximum Gasteiger partial charge on any atom is 0.434 e. The van der Waals surface area contributed by atoms with Gasteiger partial charge in [0.25, 0.3) is 0 Å². The molecule has 2 N–H and O–H groups in total. The van der Waals surface area contributed by atoms with Crippen LogP contribution in [0.1, 0.15) is 51.2 Å². The van der Waals surface area contributed by atoms with Gasteiger partial charge in [-0.15, -0.1) is 11.3 Å². The molecule has 0 amide bonds. The Morgan fingerprint density at radius 3 is 2.68 bits per heavy atom. The Bertz CT molecular complexity index is 640. The SMILES string of the molecule is CCNC(=NCC1CCCOC1C(C)(C)C)NCCc1nc(C(F)(F)F)cs1. The largest absolute Gasteiger partial charge is 0.434 e. The molecule has 0 radical (unpaired) electrons. The molecular weight excluding hydrogens is 389 g/mol. The normalized spacial score (nSPS) is 21.6. The highest BCUT2D eigenvalue weighted by Gasteiger charge is 2.35. The van der Waals surface area contributed by atoms with Gasteiger partial charge in [-0.1, -0.05) is 20.8 Å². The van der Waals surface area contributed by atoms with Gasteiger partial charge in [0.2, 0.25) is 0 Å². The summed E-state index contributed by atoms with van der Waals surface area (Å²) in [6.45, 7) is 11.2. The summed E-state index contributed by atoms with van der Waals surface area (Å²) in [5, 5.41) is 7.91. The molecule has 1 aliphatic heterocycles. The molecule has 0 bridgehead atoms. The Balaban J connectivity index is 1.90. The monoisotopic (exact) mass is 420 g/mol. The summed E-state index contributed by atoms with van der Waals surface area (Å²) in [5.74, 6) is 1.03. The number of guanidine groups is 1. The topological polar surface area (TPSA) is 58.5 Å². The zero-order valence-electron chi connectivity index (χ0n) is 17.0. The Labute approximate surface area is 169 Å². The average molecular weight is 421 g/mol. The molecule has 28 heavy (non-hydrogen) atoms. The minimum atomic E-state index is -4.38. The lowest BCUT2D eigenvalue weighted by atomic mass is 9.78. The third kappa shape index (κ3) is 6.92. The van der Waals surface area contributed by atoms with E-state index in [9.17, 15) is 13.2 Å². The van der Waals surface area contributed by atoms with Crippen molar-refractivity contribution in [1.82, 2.24) is 15.6 Å². The van der Waals surface area contributed by atoms with Crippen molar-refractivity contribution in [3.05, 3.63) is 16.1 Å². The molecule has 1 aromatic heterocycles. The summed E-state index contributed by atoms with van der Waals surface area (Å²) >= 11 is 1.03. The van der Waals surface area contributed by atoms with E-state index in [0.717, 1.165) is 36.2 Å². The number of thiazole rings is 1. The Kier molecular flexibility index (Phi) is 8.12. The number of halogens is 3. The Morgan fingerprint density at radius 2 is 2.07 bits per heavy atom. The van der Waals surface area contributed by atoms with E-state index in [0.29, 0.717) is 42.9 Å². The van der Waals surface area contributed by atoms with Crippen molar-refractivity contribution in [2.75, 3.05) is 26.2 Å². The summed E-state index contributed by atoms with van der Waals surface area (Å²) in [6.07, 6.45) is -1.66.